The van der Waals surface area contributed by atoms with Crippen LogP contribution in [0.4, 0.5) is 5.82 Å². The van der Waals surface area contributed by atoms with Crippen LogP contribution in [0.25, 0.3) is 16.9 Å². The van der Waals surface area contributed by atoms with Crippen molar-refractivity contribution in [2.24, 2.45) is 5.92 Å². The van der Waals surface area contributed by atoms with E-state index in [0.29, 0.717) is 6.61 Å². The minimum atomic E-state index is 0.654. The highest BCUT2D eigenvalue weighted by Gasteiger charge is 2.27. The lowest BCUT2D eigenvalue weighted by atomic mass is 10.1. The third-order valence-electron chi connectivity index (χ3n) is 5.28. The summed E-state index contributed by atoms with van der Waals surface area (Å²) in [4.78, 5) is 11.7. The summed E-state index contributed by atoms with van der Waals surface area (Å²) in [6, 6.07) is 4.34. The maximum Gasteiger partial charge on any atom is 0.189 e. The molecule has 0 unspecified atom stereocenters. The molecule has 1 aromatic carbocycles. The van der Waals surface area contributed by atoms with Crippen LogP contribution >= 0.6 is 0 Å². The molecule has 1 aliphatic carbocycles. The van der Waals surface area contributed by atoms with Crippen molar-refractivity contribution < 1.29 is 4.74 Å². The summed E-state index contributed by atoms with van der Waals surface area (Å²) in [6.07, 6.45) is 2.57. The lowest BCUT2D eigenvalue weighted by Crippen LogP contribution is -2.30. The Morgan fingerprint density at radius 2 is 1.82 bits per heavy atom. The summed E-state index contributed by atoms with van der Waals surface area (Å²) >= 11 is 0. The molecule has 0 aliphatic heterocycles. The van der Waals surface area contributed by atoms with E-state index in [2.05, 4.69) is 48.1 Å². The van der Waals surface area contributed by atoms with E-state index in [1.54, 1.807) is 7.11 Å². The molecule has 148 valence electrons. The van der Waals surface area contributed by atoms with E-state index in [1.165, 1.54) is 18.4 Å². The maximum atomic E-state index is 5.33. The van der Waals surface area contributed by atoms with Crippen molar-refractivity contribution in [2.45, 2.75) is 40.5 Å². The molecule has 0 atom stereocenters. The van der Waals surface area contributed by atoms with Gasteiger partial charge in [-0.1, -0.05) is 22.9 Å². The Morgan fingerprint density at radius 3 is 2.46 bits per heavy atom. The number of aromatic nitrogens is 5. The molecule has 7 heteroatoms. The summed E-state index contributed by atoms with van der Waals surface area (Å²) < 4.78 is 7.19. The number of ether oxygens (including phenoxy) is 1. The molecular weight excluding hydrogens is 352 g/mol. The number of rotatable bonds is 7. The lowest BCUT2D eigenvalue weighted by molar-refractivity contribution is 0.205. The van der Waals surface area contributed by atoms with Crippen LogP contribution in [0.15, 0.2) is 12.1 Å². The first-order valence-corrected chi connectivity index (χ1v) is 9.90. The second-order valence-electron chi connectivity index (χ2n) is 7.90. The SMILES string of the molecule is COCCN(CC1CC1)c1nc(C)nc2c1nnn2-c1c(C)cc(C)cc1C. The predicted octanol–water partition coefficient (Wildman–Crippen LogP) is 3.31. The Balaban J connectivity index is 1.84. The Kier molecular flexibility index (Phi) is 5.02. The molecule has 0 bridgehead atoms. The highest BCUT2D eigenvalue weighted by atomic mass is 16.5. The van der Waals surface area contributed by atoms with Crippen LogP contribution in [0.5, 0.6) is 0 Å². The smallest absolute Gasteiger partial charge is 0.189 e. The third kappa shape index (κ3) is 3.58. The number of fused-ring (bicyclic) bond motifs is 1. The molecule has 2 aromatic heterocycles. The van der Waals surface area contributed by atoms with Crippen LogP contribution in [0, 0.1) is 33.6 Å². The van der Waals surface area contributed by atoms with Crippen molar-refractivity contribution in [2.75, 3.05) is 31.7 Å². The third-order valence-corrected chi connectivity index (χ3v) is 5.28. The molecule has 2 heterocycles. The van der Waals surface area contributed by atoms with E-state index in [9.17, 15) is 0 Å². The van der Waals surface area contributed by atoms with E-state index >= 15 is 0 Å². The standard InChI is InChI=1S/C21H28N6O/c1-13-10-14(2)19(15(3)11-13)27-21-18(24-25-27)20(22-16(4)23-21)26(8-9-28-5)12-17-6-7-17/h10-11,17H,6-9,12H2,1-5H3. The number of benzene rings is 1. The van der Waals surface area contributed by atoms with Gasteiger partial charge in [0.1, 0.15) is 5.82 Å². The van der Waals surface area contributed by atoms with Gasteiger partial charge in [0.25, 0.3) is 0 Å². The number of hydrogen-bond donors (Lipinski definition) is 0. The predicted molar refractivity (Wildman–Crippen MR) is 110 cm³/mol. The van der Waals surface area contributed by atoms with E-state index in [0.717, 1.165) is 58.6 Å². The van der Waals surface area contributed by atoms with Crippen LogP contribution in [-0.2, 0) is 4.74 Å². The zero-order chi connectivity index (χ0) is 19.8. The average Bonchev–Trinajstić information content (AvgIpc) is 3.36. The topological polar surface area (TPSA) is 69.0 Å². The van der Waals surface area contributed by atoms with Gasteiger partial charge < -0.3 is 9.64 Å². The first kappa shape index (κ1) is 18.8. The van der Waals surface area contributed by atoms with E-state index in [-0.39, 0.29) is 0 Å². The Labute approximate surface area is 165 Å². The van der Waals surface area contributed by atoms with Gasteiger partial charge in [-0.25, -0.2) is 9.97 Å². The van der Waals surface area contributed by atoms with Gasteiger partial charge in [0.15, 0.2) is 17.0 Å². The normalized spacial score (nSPS) is 14.0. The molecule has 1 fully saturated rings. The fraction of sp³-hybridized carbons (Fsp3) is 0.524. The minimum absolute atomic E-state index is 0.654. The molecule has 0 radical (unpaired) electrons. The highest BCUT2D eigenvalue weighted by Crippen LogP contribution is 2.33. The number of aryl methyl sites for hydroxylation is 4. The second-order valence-corrected chi connectivity index (χ2v) is 7.90. The van der Waals surface area contributed by atoms with Crippen molar-refractivity contribution in [3.8, 4) is 5.69 Å². The summed E-state index contributed by atoms with van der Waals surface area (Å²) in [5, 5.41) is 8.99. The Hall–Kier alpha value is -2.54. The summed E-state index contributed by atoms with van der Waals surface area (Å²) in [5.74, 6) is 2.32. The molecule has 1 aliphatic rings. The molecule has 0 N–H and O–H groups in total. The first-order chi connectivity index (χ1) is 13.5. The minimum Gasteiger partial charge on any atom is -0.383 e. The molecule has 28 heavy (non-hydrogen) atoms. The average molecular weight is 380 g/mol. The van der Waals surface area contributed by atoms with Crippen molar-refractivity contribution in [3.05, 3.63) is 34.6 Å². The van der Waals surface area contributed by atoms with Gasteiger partial charge in [-0.3, -0.25) is 0 Å². The number of hydrogen-bond acceptors (Lipinski definition) is 6. The van der Waals surface area contributed by atoms with Gasteiger partial charge in [0.05, 0.1) is 12.3 Å². The fourth-order valence-electron chi connectivity index (χ4n) is 3.88. The van der Waals surface area contributed by atoms with Crippen molar-refractivity contribution in [1.82, 2.24) is 25.0 Å². The quantitative estimate of drug-likeness (QED) is 0.626. The van der Waals surface area contributed by atoms with Crippen molar-refractivity contribution >= 4 is 17.0 Å². The molecule has 1 saturated carbocycles. The summed E-state index contributed by atoms with van der Waals surface area (Å²) in [5.41, 5.74) is 6.12. The molecule has 4 rings (SSSR count). The second kappa shape index (κ2) is 7.47. The Bertz CT molecular complexity index is 985. The summed E-state index contributed by atoms with van der Waals surface area (Å²) in [7, 11) is 1.73. The van der Waals surface area contributed by atoms with Gasteiger partial charge in [-0.15, -0.1) is 5.10 Å². The van der Waals surface area contributed by atoms with Crippen molar-refractivity contribution in [1.29, 1.82) is 0 Å². The lowest BCUT2D eigenvalue weighted by Gasteiger charge is -2.23. The Morgan fingerprint density at radius 1 is 1.11 bits per heavy atom. The molecule has 3 aromatic rings. The molecule has 0 saturated heterocycles. The van der Waals surface area contributed by atoms with Crippen LogP contribution in [0.1, 0.15) is 35.4 Å². The number of anilines is 1. The van der Waals surface area contributed by atoms with Crippen LogP contribution < -0.4 is 4.90 Å². The van der Waals surface area contributed by atoms with Crippen LogP contribution in [0.2, 0.25) is 0 Å². The molecular formula is C21H28N6O. The van der Waals surface area contributed by atoms with Gasteiger partial charge >= 0.3 is 0 Å². The monoisotopic (exact) mass is 380 g/mol. The number of methoxy groups -OCH3 is 1. The van der Waals surface area contributed by atoms with Crippen LogP contribution in [0.3, 0.4) is 0 Å². The fourth-order valence-corrected chi connectivity index (χ4v) is 3.88. The highest BCUT2D eigenvalue weighted by molar-refractivity contribution is 5.84. The number of nitrogens with zero attached hydrogens (tertiary/aromatic N) is 6. The van der Waals surface area contributed by atoms with E-state index in [4.69, 9.17) is 14.7 Å². The first-order valence-electron chi connectivity index (χ1n) is 9.90. The van der Waals surface area contributed by atoms with Crippen LogP contribution in [-0.4, -0.2) is 51.8 Å². The van der Waals surface area contributed by atoms with Gasteiger partial charge in [0, 0.05) is 20.2 Å². The van der Waals surface area contributed by atoms with E-state index in [1.807, 2.05) is 11.6 Å². The summed E-state index contributed by atoms with van der Waals surface area (Å²) in [6.45, 7) is 10.7. The van der Waals surface area contributed by atoms with Gasteiger partial charge in [-0.2, -0.15) is 4.68 Å². The van der Waals surface area contributed by atoms with Crippen molar-refractivity contribution in [3.63, 3.8) is 0 Å². The molecule has 0 spiro atoms. The largest absolute Gasteiger partial charge is 0.383 e. The molecule has 7 nitrogen and oxygen atoms in total. The zero-order valence-corrected chi connectivity index (χ0v) is 17.4. The zero-order valence-electron chi connectivity index (χ0n) is 17.4. The maximum absolute atomic E-state index is 5.33. The molecule has 0 amide bonds. The van der Waals surface area contributed by atoms with Gasteiger partial charge in [0.2, 0.25) is 0 Å². The van der Waals surface area contributed by atoms with E-state index < -0.39 is 0 Å². The van der Waals surface area contributed by atoms with Gasteiger partial charge in [-0.05, 0) is 57.6 Å².